The lowest BCUT2D eigenvalue weighted by Gasteiger charge is -2.24. The number of hydrogen-bond acceptors (Lipinski definition) is 5. The van der Waals surface area contributed by atoms with Gasteiger partial charge in [-0.1, -0.05) is 0 Å². The van der Waals surface area contributed by atoms with Crippen LogP contribution in [0.4, 0.5) is 16.2 Å². The number of aliphatic hydroxyl groups is 2. The van der Waals surface area contributed by atoms with Crippen LogP contribution in [0, 0.1) is 0 Å². The zero-order valence-electron chi connectivity index (χ0n) is 11.4. The zero-order valence-corrected chi connectivity index (χ0v) is 11.4. The van der Waals surface area contributed by atoms with Crippen LogP contribution in [0.2, 0.25) is 0 Å². The van der Waals surface area contributed by atoms with Crippen LogP contribution >= 0.6 is 0 Å². The van der Waals surface area contributed by atoms with Crippen molar-refractivity contribution < 1.29 is 19.7 Å². The van der Waals surface area contributed by atoms with E-state index in [1.165, 1.54) is 12.0 Å². The summed E-state index contributed by atoms with van der Waals surface area (Å²) in [6, 6.07) is 7.24. The number of aliphatic hydroxyl groups excluding tert-OH is 2. The molecular weight excluding hydrogens is 248 g/mol. The van der Waals surface area contributed by atoms with Gasteiger partial charge in [-0.15, -0.1) is 0 Å². The summed E-state index contributed by atoms with van der Waals surface area (Å²) in [7, 11) is 5.11. The lowest BCUT2D eigenvalue weighted by molar-refractivity contribution is 0.0976. The first-order chi connectivity index (χ1) is 8.99. The van der Waals surface area contributed by atoms with Gasteiger partial charge in [0.1, 0.15) is 0 Å². The second-order valence-corrected chi connectivity index (χ2v) is 4.33. The van der Waals surface area contributed by atoms with Crippen molar-refractivity contribution in [2.75, 3.05) is 44.2 Å². The summed E-state index contributed by atoms with van der Waals surface area (Å²) in [5.41, 5.74) is 1.60. The first kappa shape index (κ1) is 15.3. The van der Waals surface area contributed by atoms with E-state index in [1.807, 2.05) is 31.1 Å². The molecule has 0 aromatic heterocycles. The van der Waals surface area contributed by atoms with Gasteiger partial charge in [0.05, 0.1) is 26.4 Å². The van der Waals surface area contributed by atoms with Gasteiger partial charge in [0.25, 0.3) is 0 Å². The molecule has 0 aliphatic heterocycles. The van der Waals surface area contributed by atoms with Crippen LogP contribution in [0.15, 0.2) is 24.3 Å². The number of anilines is 2. The van der Waals surface area contributed by atoms with Gasteiger partial charge in [0, 0.05) is 25.5 Å². The molecular formula is C13H20N2O4. The Hall–Kier alpha value is -1.79. The summed E-state index contributed by atoms with van der Waals surface area (Å²) in [5.74, 6) is 0. The maximum absolute atomic E-state index is 11.7. The van der Waals surface area contributed by atoms with E-state index in [1.54, 1.807) is 12.1 Å². The predicted octanol–water partition coefficient (Wildman–Crippen LogP) is 0.679. The molecule has 6 heteroatoms. The summed E-state index contributed by atoms with van der Waals surface area (Å²) in [4.78, 5) is 14.9. The van der Waals surface area contributed by atoms with Gasteiger partial charge in [-0.25, -0.2) is 4.79 Å². The lowest BCUT2D eigenvalue weighted by Crippen LogP contribution is -2.38. The molecule has 1 rings (SSSR count). The Morgan fingerprint density at radius 1 is 1.26 bits per heavy atom. The van der Waals surface area contributed by atoms with E-state index in [-0.39, 0.29) is 6.54 Å². The monoisotopic (exact) mass is 268 g/mol. The van der Waals surface area contributed by atoms with Crippen molar-refractivity contribution >= 4 is 17.5 Å². The highest BCUT2D eigenvalue weighted by atomic mass is 16.5. The average molecular weight is 268 g/mol. The van der Waals surface area contributed by atoms with Crippen molar-refractivity contribution in [1.82, 2.24) is 0 Å². The van der Waals surface area contributed by atoms with E-state index in [2.05, 4.69) is 4.74 Å². The largest absolute Gasteiger partial charge is 0.452 e. The van der Waals surface area contributed by atoms with Crippen LogP contribution in [0.5, 0.6) is 0 Å². The minimum absolute atomic E-state index is 0.0233. The van der Waals surface area contributed by atoms with Crippen molar-refractivity contribution in [3.63, 3.8) is 0 Å². The smallest absolute Gasteiger partial charge is 0.414 e. The average Bonchev–Trinajstić information content (AvgIpc) is 2.43. The first-order valence-corrected chi connectivity index (χ1v) is 5.91. The molecule has 0 aliphatic carbocycles. The highest BCUT2D eigenvalue weighted by molar-refractivity contribution is 5.87. The van der Waals surface area contributed by atoms with Gasteiger partial charge < -0.3 is 19.8 Å². The van der Waals surface area contributed by atoms with Crippen LogP contribution in [0.1, 0.15) is 0 Å². The number of nitrogens with zero attached hydrogens (tertiary/aromatic N) is 2. The van der Waals surface area contributed by atoms with E-state index in [0.717, 1.165) is 5.69 Å². The number of methoxy groups -OCH3 is 1. The van der Waals surface area contributed by atoms with Crippen molar-refractivity contribution in [2.24, 2.45) is 0 Å². The molecule has 0 fully saturated rings. The Morgan fingerprint density at radius 2 is 1.79 bits per heavy atom. The summed E-state index contributed by atoms with van der Waals surface area (Å²) >= 11 is 0. The van der Waals surface area contributed by atoms with Crippen LogP contribution in [0.25, 0.3) is 0 Å². The number of carbonyl (C=O) groups excluding carboxylic acids is 1. The molecule has 1 amide bonds. The molecule has 0 heterocycles. The predicted molar refractivity (Wildman–Crippen MR) is 73.6 cm³/mol. The zero-order chi connectivity index (χ0) is 14.4. The molecule has 0 saturated carbocycles. The molecule has 0 aliphatic rings. The molecule has 19 heavy (non-hydrogen) atoms. The number of ether oxygens (including phenoxy) is 1. The molecule has 2 N–H and O–H groups in total. The maximum Gasteiger partial charge on any atom is 0.414 e. The fourth-order valence-corrected chi connectivity index (χ4v) is 1.59. The molecule has 6 nitrogen and oxygen atoms in total. The summed E-state index contributed by atoms with van der Waals surface area (Å²) in [6.07, 6.45) is -1.59. The molecule has 1 unspecified atom stereocenters. The minimum Gasteiger partial charge on any atom is -0.452 e. The lowest BCUT2D eigenvalue weighted by atomic mass is 10.2. The third-order valence-corrected chi connectivity index (χ3v) is 2.68. The fourth-order valence-electron chi connectivity index (χ4n) is 1.59. The van der Waals surface area contributed by atoms with Crippen molar-refractivity contribution in [3.05, 3.63) is 24.3 Å². The highest BCUT2D eigenvalue weighted by Gasteiger charge is 2.19. The summed E-state index contributed by atoms with van der Waals surface area (Å²) < 4.78 is 4.67. The number of rotatable bonds is 5. The first-order valence-electron chi connectivity index (χ1n) is 5.91. The van der Waals surface area contributed by atoms with E-state index >= 15 is 0 Å². The standard InChI is InChI=1S/C13H20N2O4/c1-14(2)10-4-6-11(7-5-10)15(13(18)19-3)8-12(17)9-16/h4-7,12,16-17H,8-9H2,1-3H3. The summed E-state index contributed by atoms with van der Waals surface area (Å²) in [5, 5.41) is 18.3. The molecule has 1 aromatic rings. The van der Waals surface area contributed by atoms with Crippen LogP contribution in [-0.2, 0) is 4.74 Å². The molecule has 0 saturated heterocycles. The molecule has 0 bridgehead atoms. The third kappa shape index (κ3) is 4.11. The molecule has 106 valence electrons. The Morgan fingerprint density at radius 3 is 2.21 bits per heavy atom. The minimum atomic E-state index is -1.01. The Balaban J connectivity index is 2.93. The molecule has 0 radical (unpaired) electrons. The van der Waals surface area contributed by atoms with Gasteiger partial charge in [-0.05, 0) is 24.3 Å². The van der Waals surface area contributed by atoms with E-state index in [9.17, 15) is 9.90 Å². The molecule has 0 spiro atoms. The topological polar surface area (TPSA) is 73.2 Å². The Labute approximate surface area is 112 Å². The summed E-state index contributed by atoms with van der Waals surface area (Å²) in [6.45, 7) is -0.437. The number of hydrogen-bond donors (Lipinski definition) is 2. The fraction of sp³-hybridized carbons (Fsp3) is 0.462. The second-order valence-electron chi connectivity index (χ2n) is 4.33. The van der Waals surface area contributed by atoms with Crippen LogP contribution in [0.3, 0.4) is 0 Å². The van der Waals surface area contributed by atoms with Crippen molar-refractivity contribution in [3.8, 4) is 0 Å². The van der Waals surface area contributed by atoms with Gasteiger partial charge in [0.2, 0.25) is 0 Å². The number of carbonyl (C=O) groups is 1. The Kier molecular flexibility index (Phi) is 5.59. The van der Waals surface area contributed by atoms with Gasteiger partial charge in [-0.3, -0.25) is 4.90 Å². The van der Waals surface area contributed by atoms with Gasteiger partial charge in [0.15, 0.2) is 0 Å². The highest BCUT2D eigenvalue weighted by Crippen LogP contribution is 2.20. The number of benzene rings is 1. The maximum atomic E-state index is 11.7. The van der Waals surface area contributed by atoms with Gasteiger partial charge in [-0.2, -0.15) is 0 Å². The van der Waals surface area contributed by atoms with Crippen molar-refractivity contribution in [2.45, 2.75) is 6.10 Å². The van der Waals surface area contributed by atoms with E-state index in [4.69, 9.17) is 5.11 Å². The van der Waals surface area contributed by atoms with E-state index in [0.29, 0.717) is 5.69 Å². The normalized spacial score (nSPS) is 11.8. The van der Waals surface area contributed by atoms with Crippen LogP contribution in [-0.4, -0.2) is 56.8 Å². The third-order valence-electron chi connectivity index (χ3n) is 2.68. The number of amides is 1. The van der Waals surface area contributed by atoms with Crippen LogP contribution < -0.4 is 9.80 Å². The van der Waals surface area contributed by atoms with E-state index < -0.39 is 18.8 Å². The molecule has 1 atom stereocenters. The second kappa shape index (κ2) is 6.96. The quantitative estimate of drug-likeness (QED) is 0.821. The Bertz CT molecular complexity index is 406. The van der Waals surface area contributed by atoms with Gasteiger partial charge >= 0.3 is 6.09 Å². The SMILES string of the molecule is COC(=O)N(CC(O)CO)c1ccc(N(C)C)cc1. The molecule has 1 aromatic carbocycles. The van der Waals surface area contributed by atoms with Crippen molar-refractivity contribution in [1.29, 1.82) is 0 Å².